The first-order valence-corrected chi connectivity index (χ1v) is 10.5. The van der Waals surface area contributed by atoms with Crippen LogP contribution in [-0.4, -0.2) is 5.78 Å². The van der Waals surface area contributed by atoms with Crippen LogP contribution in [0.5, 0.6) is 0 Å². The second kappa shape index (κ2) is 8.21. The second-order valence-electron chi connectivity index (χ2n) is 8.47. The molecule has 2 aromatic rings. The Balaban J connectivity index is 1.69. The minimum absolute atomic E-state index is 0.0382. The first kappa shape index (κ1) is 19.4. The average Bonchev–Trinajstić information content (AvgIpc) is 3.21. The van der Waals surface area contributed by atoms with Gasteiger partial charge in [0.05, 0.1) is 12.0 Å². The number of hydrogen-bond acceptors (Lipinski definition) is 2. The molecule has 2 aliphatic carbocycles. The van der Waals surface area contributed by atoms with Crippen LogP contribution in [0.3, 0.4) is 0 Å². The van der Waals surface area contributed by atoms with Crippen LogP contribution in [0.4, 0.5) is 0 Å². The SMILES string of the molecule is C=C(CC(c1ccccc1)C(C#N)c1ccccc1)C1=C(C)C2CCC(C2)C1=O. The van der Waals surface area contributed by atoms with E-state index in [1.54, 1.807) is 0 Å². The van der Waals surface area contributed by atoms with Gasteiger partial charge in [0.25, 0.3) is 0 Å². The van der Waals surface area contributed by atoms with Gasteiger partial charge in [0, 0.05) is 17.4 Å². The molecule has 0 amide bonds. The zero-order valence-corrected chi connectivity index (χ0v) is 17.0. The van der Waals surface area contributed by atoms with Gasteiger partial charge >= 0.3 is 0 Å². The van der Waals surface area contributed by atoms with Crippen LogP contribution in [0.15, 0.2) is 84.0 Å². The van der Waals surface area contributed by atoms with Gasteiger partial charge in [-0.1, -0.05) is 72.8 Å². The highest BCUT2D eigenvalue weighted by Gasteiger charge is 2.40. The van der Waals surface area contributed by atoms with E-state index in [0.717, 1.165) is 41.5 Å². The van der Waals surface area contributed by atoms with Crippen molar-refractivity contribution in [3.05, 3.63) is 95.1 Å². The molecule has 4 atom stereocenters. The van der Waals surface area contributed by atoms with Crippen LogP contribution in [0, 0.1) is 23.2 Å². The number of rotatable bonds is 6. The summed E-state index contributed by atoms with van der Waals surface area (Å²) in [4.78, 5) is 13.1. The summed E-state index contributed by atoms with van der Waals surface area (Å²) >= 11 is 0. The second-order valence-corrected chi connectivity index (χ2v) is 8.47. The number of Topliss-reactive ketones (excluding diaryl/α,β-unsaturated/α-hetero) is 1. The maximum Gasteiger partial charge on any atom is 0.166 e. The summed E-state index contributed by atoms with van der Waals surface area (Å²) in [6.45, 7) is 6.48. The summed E-state index contributed by atoms with van der Waals surface area (Å²) in [6.07, 6.45) is 3.75. The van der Waals surface area contributed by atoms with Gasteiger partial charge in [-0.05, 0) is 55.2 Å². The van der Waals surface area contributed by atoms with E-state index in [0.29, 0.717) is 12.3 Å². The van der Waals surface area contributed by atoms with Crippen molar-refractivity contribution in [3.63, 3.8) is 0 Å². The third-order valence-electron chi connectivity index (χ3n) is 6.80. The van der Waals surface area contributed by atoms with Crippen molar-refractivity contribution in [1.82, 2.24) is 0 Å². The fourth-order valence-corrected chi connectivity index (χ4v) is 5.22. The molecular weight excluding hydrogens is 354 g/mol. The van der Waals surface area contributed by atoms with Crippen LogP contribution in [0.1, 0.15) is 55.6 Å². The molecule has 2 aromatic carbocycles. The molecule has 2 heteroatoms. The van der Waals surface area contributed by atoms with Crippen molar-refractivity contribution in [3.8, 4) is 6.07 Å². The lowest BCUT2D eigenvalue weighted by Gasteiger charge is -2.28. The Kier molecular flexibility index (Phi) is 5.49. The third kappa shape index (κ3) is 3.70. The number of carbonyl (C=O) groups excluding carboxylic acids is 1. The van der Waals surface area contributed by atoms with Crippen molar-refractivity contribution in [2.45, 2.75) is 44.4 Å². The number of allylic oxidation sites excluding steroid dienone is 3. The van der Waals surface area contributed by atoms with Gasteiger partial charge in [-0.25, -0.2) is 0 Å². The van der Waals surface area contributed by atoms with Gasteiger partial charge in [-0.15, -0.1) is 0 Å². The van der Waals surface area contributed by atoms with Gasteiger partial charge in [0.2, 0.25) is 0 Å². The molecule has 0 N–H and O–H groups in total. The summed E-state index contributed by atoms with van der Waals surface area (Å²) in [5.41, 5.74) is 5.11. The molecule has 0 aliphatic heterocycles. The number of nitrogens with zero attached hydrogens (tertiary/aromatic N) is 1. The molecule has 4 rings (SSSR count). The van der Waals surface area contributed by atoms with E-state index in [-0.39, 0.29) is 23.5 Å². The number of hydrogen-bond donors (Lipinski definition) is 0. The van der Waals surface area contributed by atoms with E-state index < -0.39 is 0 Å². The normalized spacial score (nSPS) is 22.8. The van der Waals surface area contributed by atoms with E-state index in [1.807, 2.05) is 48.5 Å². The largest absolute Gasteiger partial charge is 0.294 e. The molecule has 0 aromatic heterocycles. The molecule has 2 nitrogen and oxygen atoms in total. The van der Waals surface area contributed by atoms with E-state index in [4.69, 9.17) is 0 Å². The first-order chi connectivity index (χ1) is 14.1. The van der Waals surface area contributed by atoms with Gasteiger partial charge in [0.1, 0.15) is 0 Å². The molecule has 29 heavy (non-hydrogen) atoms. The Hall–Kier alpha value is -2.92. The number of nitriles is 1. The molecule has 1 saturated carbocycles. The third-order valence-corrected chi connectivity index (χ3v) is 6.80. The molecular formula is C27H27NO. The van der Waals surface area contributed by atoms with Crippen LogP contribution in [0.25, 0.3) is 0 Å². The van der Waals surface area contributed by atoms with E-state index >= 15 is 0 Å². The molecule has 2 bridgehead atoms. The Morgan fingerprint density at radius 2 is 1.62 bits per heavy atom. The number of fused-ring (bicyclic) bond motifs is 2. The Labute approximate surface area is 173 Å². The molecule has 2 aliphatic rings. The Morgan fingerprint density at radius 3 is 2.24 bits per heavy atom. The van der Waals surface area contributed by atoms with Crippen molar-refractivity contribution in [2.75, 3.05) is 0 Å². The quantitative estimate of drug-likeness (QED) is 0.586. The highest BCUT2D eigenvalue weighted by molar-refractivity contribution is 6.03. The Morgan fingerprint density at radius 1 is 1.03 bits per heavy atom. The van der Waals surface area contributed by atoms with E-state index in [2.05, 4.69) is 31.7 Å². The fraction of sp³-hybridized carbons (Fsp3) is 0.333. The summed E-state index contributed by atoms with van der Waals surface area (Å²) in [6, 6.07) is 22.7. The molecule has 0 heterocycles. The van der Waals surface area contributed by atoms with E-state index in [9.17, 15) is 10.1 Å². The van der Waals surface area contributed by atoms with Crippen molar-refractivity contribution < 1.29 is 4.79 Å². The smallest absolute Gasteiger partial charge is 0.166 e. The zero-order valence-electron chi connectivity index (χ0n) is 17.0. The Bertz CT molecular complexity index is 980. The van der Waals surface area contributed by atoms with Crippen molar-refractivity contribution in [2.24, 2.45) is 11.8 Å². The van der Waals surface area contributed by atoms with Gasteiger partial charge in [0.15, 0.2) is 5.78 Å². The van der Waals surface area contributed by atoms with Crippen molar-refractivity contribution in [1.29, 1.82) is 5.26 Å². The van der Waals surface area contributed by atoms with Gasteiger partial charge < -0.3 is 0 Å². The van der Waals surface area contributed by atoms with Gasteiger partial charge in [-0.3, -0.25) is 4.79 Å². The maximum absolute atomic E-state index is 13.1. The van der Waals surface area contributed by atoms with E-state index in [1.165, 1.54) is 5.57 Å². The number of benzene rings is 2. The number of carbonyl (C=O) groups is 1. The van der Waals surface area contributed by atoms with Crippen molar-refractivity contribution >= 4 is 5.78 Å². The van der Waals surface area contributed by atoms with Crippen LogP contribution in [0.2, 0.25) is 0 Å². The molecule has 0 saturated heterocycles. The number of ketones is 1. The highest BCUT2D eigenvalue weighted by atomic mass is 16.1. The summed E-state index contributed by atoms with van der Waals surface area (Å²) in [7, 11) is 0. The van der Waals surface area contributed by atoms with Crippen LogP contribution in [-0.2, 0) is 4.79 Å². The highest BCUT2D eigenvalue weighted by Crippen LogP contribution is 2.47. The fourth-order valence-electron chi connectivity index (χ4n) is 5.22. The first-order valence-electron chi connectivity index (χ1n) is 10.5. The average molecular weight is 382 g/mol. The van der Waals surface area contributed by atoms with Gasteiger partial charge in [-0.2, -0.15) is 5.26 Å². The van der Waals surface area contributed by atoms with Crippen LogP contribution < -0.4 is 0 Å². The minimum atomic E-state index is -0.285. The molecule has 146 valence electrons. The predicted molar refractivity (Wildman–Crippen MR) is 116 cm³/mol. The predicted octanol–water partition coefficient (Wildman–Crippen LogP) is 6.34. The molecule has 4 unspecified atom stereocenters. The summed E-state index contributed by atoms with van der Waals surface area (Å²) < 4.78 is 0. The zero-order chi connectivity index (χ0) is 20.4. The lowest BCUT2D eigenvalue weighted by atomic mass is 9.74. The maximum atomic E-state index is 13.1. The lowest BCUT2D eigenvalue weighted by molar-refractivity contribution is -0.119. The molecule has 1 fully saturated rings. The minimum Gasteiger partial charge on any atom is -0.294 e. The topological polar surface area (TPSA) is 40.9 Å². The summed E-state index contributed by atoms with van der Waals surface area (Å²) in [5, 5.41) is 10.1. The summed E-state index contributed by atoms with van der Waals surface area (Å²) in [5.74, 6) is 0.656. The van der Waals surface area contributed by atoms with Crippen LogP contribution >= 0.6 is 0 Å². The standard InChI is InChI=1S/C27H27NO/c1-18(26-19(2)22-13-14-23(16-22)27(26)29)15-24(20-9-5-3-6-10-20)25(17-28)21-11-7-4-8-12-21/h3-12,22-25H,1,13-16H2,2H3. The lowest BCUT2D eigenvalue weighted by Crippen LogP contribution is -2.23. The molecule has 0 radical (unpaired) electrons. The monoisotopic (exact) mass is 381 g/mol. The molecule has 0 spiro atoms.